The van der Waals surface area contributed by atoms with E-state index in [2.05, 4.69) is 5.09 Å². The molecular weight excluding hydrogens is 237 g/mol. The van der Waals surface area contributed by atoms with Crippen molar-refractivity contribution in [2.75, 3.05) is 19.8 Å². The predicted octanol–water partition coefficient (Wildman–Crippen LogP) is 3.00. The molecule has 0 aliphatic rings. The van der Waals surface area contributed by atoms with E-state index in [4.69, 9.17) is 9.05 Å². The van der Waals surface area contributed by atoms with E-state index in [-0.39, 0.29) is 0 Å². The molecule has 0 aliphatic carbocycles. The van der Waals surface area contributed by atoms with Crippen LogP contribution >= 0.6 is 7.75 Å². The molecule has 0 heterocycles. The predicted molar refractivity (Wildman–Crippen MR) is 69.0 cm³/mol. The Morgan fingerprint density at radius 2 is 1.71 bits per heavy atom. The molecule has 0 atom stereocenters. The van der Waals surface area contributed by atoms with Gasteiger partial charge in [0.2, 0.25) is 0 Å². The fourth-order valence-corrected chi connectivity index (χ4v) is 2.77. The molecule has 0 amide bonds. The van der Waals surface area contributed by atoms with Crippen molar-refractivity contribution in [2.24, 2.45) is 0 Å². The van der Waals surface area contributed by atoms with E-state index < -0.39 is 7.75 Å². The van der Waals surface area contributed by atoms with Crippen LogP contribution in [-0.4, -0.2) is 19.8 Å². The Balaban J connectivity index is 2.40. The highest BCUT2D eigenvalue weighted by Gasteiger charge is 2.21. The molecule has 0 spiro atoms. The van der Waals surface area contributed by atoms with E-state index in [0.717, 1.165) is 6.42 Å². The minimum absolute atomic E-state index is 0.371. The van der Waals surface area contributed by atoms with Gasteiger partial charge in [0.25, 0.3) is 0 Å². The van der Waals surface area contributed by atoms with Crippen molar-refractivity contribution in [2.45, 2.75) is 20.3 Å². The van der Waals surface area contributed by atoms with Gasteiger partial charge in [0.1, 0.15) is 0 Å². The van der Waals surface area contributed by atoms with Gasteiger partial charge in [-0.25, -0.2) is 9.65 Å². The first-order valence-electron chi connectivity index (χ1n) is 5.88. The second kappa shape index (κ2) is 7.62. The Morgan fingerprint density at radius 3 is 2.24 bits per heavy atom. The van der Waals surface area contributed by atoms with Crippen molar-refractivity contribution in [3.63, 3.8) is 0 Å². The second-order valence-electron chi connectivity index (χ2n) is 3.48. The molecule has 0 unspecified atom stereocenters. The highest BCUT2D eigenvalue weighted by atomic mass is 31.2. The van der Waals surface area contributed by atoms with Crippen LogP contribution in [0.3, 0.4) is 0 Å². The minimum atomic E-state index is -3.11. The lowest BCUT2D eigenvalue weighted by Gasteiger charge is -2.17. The standard InChI is InChI=1S/C12H20NO3P/c1-3-15-17(14,16-4-2)13-11-10-12-8-6-5-7-9-12/h5-9H,3-4,10-11H2,1-2H3,(H,13,14). The maximum atomic E-state index is 12.0. The summed E-state index contributed by atoms with van der Waals surface area (Å²) in [5.74, 6) is 0. The number of nitrogens with one attached hydrogen (secondary N) is 1. The summed E-state index contributed by atoms with van der Waals surface area (Å²) in [5, 5.41) is 2.86. The van der Waals surface area contributed by atoms with Gasteiger partial charge >= 0.3 is 7.75 Å². The van der Waals surface area contributed by atoms with E-state index >= 15 is 0 Å². The van der Waals surface area contributed by atoms with Gasteiger partial charge in [-0.05, 0) is 25.8 Å². The first kappa shape index (κ1) is 14.4. The van der Waals surface area contributed by atoms with Gasteiger partial charge in [0, 0.05) is 6.54 Å². The highest BCUT2D eigenvalue weighted by molar-refractivity contribution is 7.51. The molecule has 0 radical (unpaired) electrons. The molecule has 17 heavy (non-hydrogen) atoms. The number of rotatable bonds is 8. The number of hydrogen-bond donors (Lipinski definition) is 1. The number of benzene rings is 1. The fraction of sp³-hybridized carbons (Fsp3) is 0.500. The molecule has 0 saturated carbocycles. The summed E-state index contributed by atoms with van der Waals surface area (Å²) in [5.41, 5.74) is 1.19. The monoisotopic (exact) mass is 257 g/mol. The molecule has 0 saturated heterocycles. The summed E-state index contributed by atoms with van der Waals surface area (Å²) in [6.45, 7) is 4.90. The molecule has 4 nitrogen and oxygen atoms in total. The van der Waals surface area contributed by atoms with Crippen LogP contribution < -0.4 is 5.09 Å². The highest BCUT2D eigenvalue weighted by Crippen LogP contribution is 2.42. The summed E-state index contributed by atoms with van der Waals surface area (Å²) in [6.07, 6.45) is 0.797. The second-order valence-corrected chi connectivity index (χ2v) is 5.30. The van der Waals surface area contributed by atoms with Gasteiger partial charge < -0.3 is 0 Å². The summed E-state index contributed by atoms with van der Waals surface area (Å²) < 4.78 is 22.3. The molecule has 1 aromatic carbocycles. The van der Waals surface area contributed by atoms with Crippen molar-refractivity contribution in [1.82, 2.24) is 5.09 Å². The average Bonchev–Trinajstić information content (AvgIpc) is 2.31. The first-order chi connectivity index (χ1) is 8.20. The average molecular weight is 257 g/mol. The molecule has 0 aromatic heterocycles. The zero-order valence-electron chi connectivity index (χ0n) is 10.4. The lowest BCUT2D eigenvalue weighted by Crippen LogP contribution is -2.17. The smallest absolute Gasteiger partial charge is 0.297 e. The van der Waals surface area contributed by atoms with Gasteiger partial charge in [-0.3, -0.25) is 9.05 Å². The maximum absolute atomic E-state index is 12.0. The van der Waals surface area contributed by atoms with Crippen molar-refractivity contribution in [3.8, 4) is 0 Å². The Morgan fingerprint density at radius 1 is 1.12 bits per heavy atom. The third-order valence-corrected chi connectivity index (χ3v) is 3.97. The maximum Gasteiger partial charge on any atom is 0.405 e. The van der Waals surface area contributed by atoms with Crippen molar-refractivity contribution in [3.05, 3.63) is 35.9 Å². The summed E-state index contributed by atoms with van der Waals surface area (Å²) in [4.78, 5) is 0. The molecule has 96 valence electrons. The van der Waals surface area contributed by atoms with Crippen molar-refractivity contribution >= 4 is 7.75 Å². The van der Waals surface area contributed by atoms with E-state index in [0.29, 0.717) is 19.8 Å². The zero-order chi connectivity index (χ0) is 12.6. The molecule has 0 fully saturated rings. The number of hydrogen-bond acceptors (Lipinski definition) is 3. The van der Waals surface area contributed by atoms with Gasteiger partial charge in [0.15, 0.2) is 0 Å². The van der Waals surface area contributed by atoms with Crippen LogP contribution in [0.25, 0.3) is 0 Å². The van der Waals surface area contributed by atoms with Crippen LogP contribution in [0.5, 0.6) is 0 Å². The first-order valence-corrected chi connectivity index (χ1v) is 7.42. The SMILES string of the molecule is CCOP(=O)(NCCc1ccccc1)OCC. The lowest BCUT2D eigenvalue weighted by molar-refractivity contribution is 0.211. The van der Waals surface area contributed by atoms with Crippen LogP contribution in [0.2, 0.25) is 0 Å². The third-order valence-electron chi connectivity index (χ3n) is 2.16. The fourth-order valence-electron chi connectivity index (χ4n) is 1.45. The Hall–Kier alpha value is -0.670. The van der Waals surface area contributed by atoms with E-state index in [1.54, 1.807) is 13.8 Å². The molecule has 1 N–H and O–H groups in total. The quantitative estimate of drug-likeness (QED) is 0.727. The van der Waals surface area contributed by atoms with Crippen LogP contribution in [0.1, 0.15) is 19.4 Å². The van der Waals surface area contributed by atoms with Gasteiger partial charge in [-0.15, -0.1) is 0 Å². The summed E-state index contributed by atoms with van der Waals surface area (Å²) >= 11 is 0. The van der Waals surface area contributed by atoms with Crippen LogP contribution in [0, 0.1) is 0 Å². The molecule has 1 rings (SSSR count). The molecule has 0 aliphatic heterocycles. The summed E-state index contributed by atoms with van der Waals surface area (Å²) in [7, 11) is -3.11. The van der Waals surface area contributed by atoms with E-state index in [1.807, 2.05) is 30.3 Å². The van der Waals surface area contributed by atoms with Crippen LogP contribution in [0.15, 0.2) is 30.3 Å². The Labute approximate surface area is 103 Å². The largest absolute Gasteiger partial charge is 0.405 e. The van der Waals surface area contributed by atoms with Crippen molar-refractivity contribution in [1.29, 1.82) is 0 Å². The molecule has 0 bridgehead atoms. The van der Waals surface area contributed by atoms with Gasteiger partial charge in [-0.2, -0.15) is 0 Å². The molecular formula is C12H20NO3P. The Bertz CT molecular complexity index is 346. The van der Waals surface area contributed by atoms with Crippen molar-refractivity contribution < 1.29 is 13.6 Å². The lowest BCUT2D eigenvalue weighted by atomic mass is 10.2. The third kappa shape index (κ3) is 5.46. The zero-order valence-corrected chi connectivity index (χ0v) is 11.3. The topological polar surface area (TPSA) is 47.6 Å². The van der Waals surface area contributed by atoms with Gasteiger partial charge in [-0.1, -0.05) is 30.3 Å². The van der Waals surface area contributed by atoms with Crippen LogP contribution in [-0.2, 0) is 20.0 Å². The summed E-state index contributed by atoms with van der Waals surface area (Å²) in [6, 6.07) is 10.0. The van der Waals surface area contributed by atoms with Crippen LogP contribution in [0.4, 0.5) is 0 Å². The molecule has 5 heteroatoms. The molecule has 1 aromatic rings. The normalized spacial score (nSPS) is 11.6. The van der Waals surface area contributed by atoms with E-state index in [9.17, 15) is 4.57 Å². The van der Waals surface area contributed by atoms with E-state index in [1.165, 1.54) is 5.56 Å². The van der Waals surface area contributed by atoms with Gasteiger partial charge in [0.05, 0.1) is 13.2 Å². The minimum Gasteiger partial charge on any atom is -0.297 e. The Kier molecular flexibility index (Phi) is 6.45.